The number of ether oxygens (including phenoxy) is 4. The van der Waals surface area contributed by atoms with Crippen molar-refractivity contribution in [3.8, 4) is 17.2 Å². The van der Waals surface area contributed by atoms with Crippen molar-refractivity contribution in [3.05, 3.63) is 82.4 Å². The lowest BCUT2D eigenvalue weighted by atomic mass is 9.55. The average molecular weight is 848 g/mol. The topological polar surface area (TPSA) is 162 Å². The maximum absolute atomic E-state index is 14.1. The number of carbonyl (C=O) groups excluding carboxylic acids is 1. The Morgan fingerprint density at radius 3 is 2.33 bits per heavy atom. The number of nitrogens with zero attached hydrogens (tertiary/aromatic N) is 3. The van der Waals surface area contributed by atoms with Gasteiger partial charge in [-0.1, -0.05) is 101 Å². The van der Waals surface area contributed by atoms with E-state index in [1.807, 2.05) is 12.1 Å². The number of nitro groups is 1. The summed E-state index contributed by atoms with van der Waals surface area (Å²) in [6.07, 6.45) is 20.0. The van der Waals surface area contributed by atoms with Gasteiger partial charge in [0.25, 0.3) is 5.69 Å². The molecule has 13 heteroatoms. The number of nitro benzene ring substituents is 1. The molecule has 336 valence electrons. The molecular formula is C48H69N3O10. The van der Waals surface area contributed by atoms with Crippen LogP contribution in [0.5, 0.6) is 17.2 Å². The third-order valence-electron chi connectivity index (χ3n) is 12.6. The van der Waals surface area contributed by atoms with Crippen LogP contribution in [0.4, 0.5) is 10.5 Å². The fourth-order valence-electron chi connectivity index (χ4n) is 9.68. The molecule has 6 unspecified atom stereocenters. The third-order valence-corrected chi connectivity index (χ3v) is 12.6. The molecule has 2 aromatic rings. The van der Waals surface area contributed by atoms with E-state index >= 15 is 0 Å². The molecule has 2 aromatic carbocycles. The van der Waals surface area contributed by atoms with Gasteiger partial charge in [-0.15, -0.1) is 6.58 Å². The van der Waals surface area contributed by atoms with Gasteiger partial charge in [0.1, 0.15) is 30.4 Å². The quantitative estimate of drug-likeness (QED) is 0.0383. The minimum atomic E-state index is -1.40. The van der Waals surface area contributed by atoms with Crippen molar-refractivity contribution in [3.63, 3.8) is 0 Å². The zero-order valence-electron chi connectivity index (χ0n) is 36.6. The monoisotopic (exact) mass is 847 g/mol. The van der Waals surface area contributed by atoms with E-state index in [1.54, 1.807) is 36.2 Å². The Bertz CT molecular complexity index is 1780. The molecule has 2 N–H and O–H groups in total. The van der Waals surface area contributed by atoms with Gasteiger partial charge >= 0.3 is 6.09 Å². The number of likely N-dealkylation sites (N-methyl/N-ethyl adjacent to an activating group) is 1. The van der Waals surface area contributed by atoms with Crippen LogP contribution in [0.2, 0.25) is 0 Å². The number of allylic oxidation sites excluding steroid dienone is 1. The van der Waals surface area contributed by atoms with Gasteiger partial charge in [-0.05, 0) is 73.8 Å². The number of unbranched alkanes of at least 4 members (excludes halogenated alkanes) is 11. The number of hydrogen-bond donors (Lipinski definition) is 2. The van der Waals surface area contributed by atoms with Crippen LogP contribution in [0.3, 0.4) is 0 Å². The SMILES string of the molecule is C=CCOC12Oc3ccc(Oc4cccc([N+](=O)[O-])c4)cc3C3C(CCCCO)C(CCCCO)C=C(C(=NOC)CC1N(C)C(=O)OCCCCCCCCCCCC)C32. The van der Waals surface area contributed by atoms with Crippen molar-refractivity contribution in [1.82, 2.24) is 4.90 Å². The summed E-state index contributed by atoms with van der Waals surface area (Å²) < 4.78 is 26.3. The van der Waals surface area contributed by atoms with Gasteiger partial charge in [-0.3, -0.25) is 10.1 Å². The lowest BCUT2D eigenvalue weighted by molar-refractivity contribution is -0.384. The van der Waals surface area contributed by atoms with Crippen LogP contribution in [0, 0.1) is 27.9 Å². The van der Waals surface area contributed by atoms with E-state index in [2.05, 4.69) is 24.7 Å². The van der Waals surface area contributed by atoms with E-state index in [4.69, 9.17) is 23.8 Å². The Morgan fingerprint density at radius 2 is 1.66 bits per heavy atom. The summed E-state index contributed by atoms with van der Waals surface area (Å²) in [5.74, 6) is -0.662. The van der Waals surface area contributed by atoms with Crippen LogP contribution < -0.4 is 9.47 Å². The molecule has 0 aromatic heterocycles. The highest BCUT2D eigenvalue weighted by molar-refractivity contribution is 6.02. The van der Waals surface area contributed by atoms with E-state index in [0.717, 1.165) is 56.1 Å². The number of oxime groups is 1. The normalized spacial score (nSPS) is 23.3. The van der Waals surface area contributed by atoms with Crippen molar-refractivity contribution < 1.29 is 43.7 Å². The smallest absolute Gasteiger partial charge is 0.409 e. The van der Waals surface area contributed by atoms with Crippen LogP contribution >= 0.6 is 0 Å². The fourth-order valence-corrected chi connectivity index (χ4v) is 9.68. The molecule has 1 heterocycles. The molecule has 1 fully saturated rings. The Kier molecular flexibility index (Phi) is 18.9. The van der Waals surface area contributed by atoms with E-state index < -0.39 is 28.8 Å². The van der Waals surface area contributed by atoms with Crippen LogP contribution in [0.25, 0.3) is 0 Å². The zero-order chi connectivity index (χ0) is 43.6. The summed E-state index contributed by atoms with van der Waals surface area (Å²) in [4.78, 5) is 32.3. The lowest BCUT2D eigenvalue weighted by Crippen LogP contribution is -2.69. The molecule has 0 spiro atoms. The molecule has 0 saturated heterocycles. The van der Waals surface area contributed by atoms with Gasteiger partial charge in [-0.2, -0.15) is 0 Å². The summed E-state index contributed by atoms with van der Waals surface area (Å²) >= 11 is 0. The van der Waals surface area contributed by atoms with Gasteiger partial charge in [0, 0.05) is 44.2 Å². The highest BCUT2D eigenvalue weighted by Crippen LogP contribution is 2.62. The Morgan fingerprint density at radius 1 is 0.967 bits per heavy atom. The van der Waals surface area contributed by atoms with E-state index in [0.29, 0.717) is 42.4 Å². The number of aliphatic hydroxyl groups is 2. The fraction of sp³-hybridized carbons (Fsp3) is 0.625. The second-order valence-electron chi connectivity index (χ2n) is 16.7. The molecule has 13 nitrogen and oxygen atoms in total. The zero-order valence-corrected chi connectivity index (χ0v) is 36.6. The number of carbonyl (C=O) groups is 1. The Hall–Kier alpha value is -4.46. The number of rotatable bonds is 27. The van der Waals surface area contributed by atoms with Gasteiger partial charge in [0.05, 0.1) is 35.8 Å². The number of fused-ring (bicyclic) bond motifs is 2. The minimum Gasteiger partial charge on any atom is -0.459 e. The average Bonchev–Trinajstić information content (AvgIpc) is 3.26. The molecule has 2 aliphatic carbocycles. The van der Waals surface area contributed by atoms with Gasteiger partial charge in [0.15, 0.2) is 0 Å². The van der Waals surface area contributed by atoms with Crippen molar-refractivity contribution in [1.29, 1.82) is 0 Å². The van der Waals surface area contributed by atoms with Crippen LogP contribution in [0.1, 0.15) is 128 Å². The standard InChI is InChI=1S/C48H69N3O10/c1-5-7-8-9-10-11-12-13-14-19-30-58-47(54)50(3)44-34-42(49-57-4)40-31-35(21-15-17-27-52)39(24-16-18-28-53)45-41-33-38(60-37-23-20-22-36(32-37)51(55)56)25-26-43(41)61-48(44,46(40)45)59-29-6-2/h6,20,22-23,25-26,31-33,35,39,44-46,52-53H,2,5,7-19,21,24,27-30,34H2,1,3-4H3. The molecule has 6 atom stereocenters. The summed E-state index contributed by atoms with van der Waals surface area (Å²) in [5, 5.41) is 35.9. The van der Waals surface area contributed by atoms with Crippen LogP contribution in [-0.4, -0.2) is 84.3 Å². The van der Waals surface area contributed by atoms with E-state index in [1.165, 1.54) is 64.2 Å². The maximum atomic E-state index is 14.1. The highest BCUT2D eigenvalue weighted by atomic mass is 16.7. The Balaban J connectivity index is 1.52. The van der Waals surface area contributed by atoms with Crippen molar-refractivity contribution in [2.24, 2.45) is 22.9 Å². The molecule has 0 bridgehead atoms. The molecule has 1 saturated carbocycles. The van der Waals surface area contributed by atoms with Crippen LogP contribution in [-0.2, 0) is 14.3 Å². The summed E-state index contributed by atoms with van der Waals surface area (Å²) in [6, 6.07) is 11.0. The predicted octanol–water partition coefficient (Wildman–Crippen LogP) is 10.6. The van der Waals surface area contributed by atoms with E-state index in [-0.39, 0.29) is 49.7 Å². The maximum Gasteiger partial charge on any atom is 0.409 e. The first-order valence-electron chi connectivity index (χ1n) is 22.7. The van der Waals surface area contributed by atoms with E-state index in [9.17, 15) is 25.1 Å². The summed E-state index contributed by atoms with van der Waals surface area (Å²) in [5.41, 5.74) is 2.40. The van der Waals surface area contributed by atoms with Crippen molar-refractivity contribution in [2.45, 2.75) is 134 Å². The van der Waals surface area contributed by atoms with Gasteiger partial charge in [0.2, 0.25) is 5.79 Å². The molecule has 1 aliphatic heterocycles. The first-order chi connectivity index (χ1) is 29.7. The number of benzene rings is 2. The third kappa shape index (κ3) is 12.1. The Labute approximate surface area is 362 Å². The second-order valence-corrected chi connectivity index (χ2v) is 16.7. The first-order valence-corrected chi connectivity index (χ1v) is 22.7. The number of hydrogen-bond acceptors (Lipinski definition) is 11. The van der Waals surface area contributed by atoms with Crippen LogP contribution in [0.15, 0.2) is 71.9 Å². The van der Waals surface area contributed by atoms with Gasteiger partial charge < -0.3 is 38.9 Å². The molecule has 3 aliphatic rings. The minimum absolute atomic E-state index is 0.0255. The largest absolute Gasteiger partial charge is 0.459 e. The van der Waals surface area contributed by atoms with Gasteiger partial charge in [-0.25, -0.2) is 4.79 Å². The molecule has 1 amide bonds. The molecule has 61 heavy (non-hydrogen) atoms. The first kappa shape index (κ1) is 47.6. The summed E-state index contributed by atoms with van der Waals surface area (Å²) in [7, 11) is 3.25. The predicted molar refractivity (Wildman–Crippen MR) is 236 cm³/mol. The number of aliphatic hydroxyl groups excluding tert-OH is 2. The highest BCUT2D eigenvalue weighted by Gasteiger charge is 2.65. The van der Waals surface area contributed by atoms with Crippen molar-refractivity contribution >= 4 is 17.5 Å². The molecule has 0 radical (unpaired) electrons. The molecule has 5 rings (SSSR count). The number of amides is 1. The second kappa shape index (κ2) is 24.2. The lowest BCUT2D eigenvalue weighted by Gasteiger charge is -2.59. The van der Waals surface area contributed by atoms with Crippen molar-refractivity contribution in [2.75, 3.05) is 40.6 Å². The number of non-ortho nitro benzene ring substituents is 1. The summed E-state index contributed by atoms with van der Waals surface area (Å²) in [6.45, 7) is 6.83. The molecular weight excluding hydrogens is 779 g/mol.